The van der Waals surface area contributed by atoms with E-state index in [4.69, 9.17) is 10.7 Å². The molecule has 1 aliphatic heterocycles. The zero-order valence-electron chi connectivity index (χ0n) is 19.3. The summed E-state index contributed by atoms with van der Waals surface area (Å²) >= 11 is 0. The summed E-state index contributed by atoms with van der Waals surface area (Å²) < 4.78 is 0. The fourth-order valence-electron chi connectivity index (χ4n) is 4.51. The first kappa shape index (κ1) is 25.3. The molecule has 1 saturated carbocycles. The number of aliphatic imine (C=N–C) groups is 1. The zero-order chi connectivity index (χ0) is 22.4. The number of primary amides is 1. The number of piperidine rings is 1. The van der Waals surface area contributed by atoms with Crippen molar-refractivity contribution in [1.29, 1.82) is 0 Å². The van der Waals surface area contributed by atoms with Crippen LogP contribution in [0.25, 0.3) is 0 Å². The Balaban J connectivity index is 0.00000306. The Hall–Kier alpha value is -2.36. The minimum atomic E-state index is -0.226. The quantitative estimate of drug-likeness (QED) is 0.261. The lowest BCUT2D eigenvalue weighted by Gasteiger charge is -2.33. The molecule has 2 aliphatic rings. The molecule has 0 spiro atoms. The van der Waals surface area contributed by atoms with E-state index < -0.39 is 0 Å². The molecular formula is C25H35IN6O. The predicted molar refractivity (Wildman–Crippen MR) is 144 cm³/mol. The number of nitrogens with one attached hydrogen (secondary N) is 2. The second kappa shape index (κ2) is 11.7. The van der Waals surface area contributed by atoms with Crippen LogP contribution in [0, 0.1) is 5.92 Å². The molecule has 2 aromatic rings. The van der Waals surface area contributed by atoms with Crippen molar-refractivity contribution in [3.05, 3.63) is 59.8 Å². The molecule has 1 saturated heterocycles. The summed E-state index contributed by atoms with van der Waals surface area (Å²) in [5.41, 5.74) is 8.24. The van der Waals surface area contributed by atoms with Crippen molar-refractivity contribution in [3.8, 4) is 0 Å². The molecular weight excluding hydrogens is 527 g/mol. The van der Waals surface area contributed by atoms with Gasteiger partial charge in [0.25, 0.3) is 0 Å². The highest BCUT2D eigenvalue weighted by Gasteiger charge is 2.44. The molecule has 7 nitrogen and oxygen atoms in total. The number of hydrogen-bond donors (Lipinski definition) is 3. The molecule has 4 N–H and O–H groups in total. The number of carbonyl (C=O) groups is 1. The molecule has 1 aliphatic carbocycles. The van der Waals surface area contributed by atoms with Gasteiger partial charge in [0.15, 0.2) is 5.96 Å². The van der Waals surface area contributed by atoms with E-state index in [-0.39, 0.29) is 41.2 Å². The summed E-state index contributed by atoms with van der Waals surface area (Å²) in [6.45, 7) is 5.78. The third kappa shape index (κ3) is 6.37. The van der Waals surface area contributed by atoms with Gasteiger partial charge in [-0.05, 0) is 44.2 Å². The Labute approximate surface area is 213 Å². The normalized spacial score (nSPS) is 19.4. The first-order chi connectivity index (χ1) is 15.6. The molecule has 4 rings (SSSR count). The zero-order valence-corrected chi connectivity index (χ0v) is 21.6. The molecule has 178 valence electrons. The lowest BCUT2D eigenvalue weighted by Crippen LogP contribution is -2.42. The summed E-state index contributed by atoms with van der Waals surface area (Å²) in [5.74, 6) is 1.38. The Morgan fingerprint density at radius 3 is 2.70 bits per heavy atom. The van der Waals surface area contributed by atoms with Gasteiger partial charge in [-0.15, -0.1) is 24.0 Å². The van der Waals surface area contributed by atoms with Gasteiger partial charge in [0.2, 0.25) is 5.91 Å². The lowest BCUT2D eigenvalue weighted by atomic mass is 9.96. The van der Waals surface area contributed by atoms with Crippen LogP contribution in [0.3, 0.4) is 0 Å². The van der Waals surface area contributed by atoms with E-state index in [1.54, 1.807) is 6.20 Å². The van der Waals surface area contributed by atoms with Crippen molar-refractivity contribution in [2.24, 2.45) is 16.6 Å². The Morgan fingerprint density at radius 2 is 2.00 bits per heavy atom. The number of benzene rings is 1. The minimum absolute atomic E-state index is 0. The van der Waals surface area contributed by atoms with Crippen molar-refractivity contribution < 1.29 is 4.79 Å². The predicted octanol–water partition coefficient (Wildman–Crippen LogP) is 3.19. The summed E-state index contributed by atoms with van der Waals surface area (Å²) in [6, 6.07) is 14.7. The third-order valence-electron chi connectivity index (χ3n) is 6.58. The van der Waals surface area contributed by atoms with Crippen LogP contribution >= 0.6 is 24.0 Å². The number of nitrogens with two attached hydrogens (primary N) is 1. The van der Waals surface area contributed by atoms with Crippen molar-refractivity contribution in [2.75, 3.05) is 31.1 Å². The fourth-order valence-corrected chi connectivity index (χ4v) is 4.51. The van der Waals surface area contributed by atoms with Crippen molar-refractivity contribution in [1.82, 2.24) is 15.6 Å². The van der Waals surface area contributed by atoms with E-state index in [2.05, 4.69) is 63.8 Å². The maximum absolute atomic E-state index is 11.7. The number of hydrogen-bond acceptors (Lipinski definition) is 4. The number of pyridine rings is 1. The molecule has 0 bridgehead atoms. The summed E-state index contributed by atoms with van der Waals surface area (Å²) in [4.78, 5) is 23.4. The molecule has 8 heteroatoms. The minimum Gasteiger partial charge on any atom is -0.369 e. The number of anilines is 1. The fraction of sp³-hybridized carbons (Fsp3) is 0.480. The first-order valence-corrected chi connectivity index (χ1v) is 11.7. The van der Waals surface area contributed by atoms with Gasteiger partial charge in [-0.1, -0.05) is 36.4 Å². The number of nitrogens with zero attached hydrogens (tertiary/aromatic N) is 3. The van der Waals surface area contributed by atoms with Gasteiger partial charge in [0.05, 0.1) is 12.5 Å². The molecule has 1 aromatic heterocycles. The van der Waals surface area contributed by atoms with Gasteiger partial charge >= 0.3 is 0 Å². The van der Waals surface area contributed by atoms with Gasteiger partial charge in [-0.3, -0.25) is 4.79 Å². The van der Waals surface area contributed by atoms with Crippen LogP contribution in [0.2, 0.25) is 0 Å². The standard InChI is InChI=1S/C25H34N6O.HI/c1-2-27-24(30-18-25(12-13-25)21-10-4-3-5-11-21)29-16-19-8-6-14-28-23(19)31-15-7-9-20(17-31)22(26)32;/h3-6,8,10-11,14,20H,2,7,9,12-13,15-18H2,1H3,(H2,26,32)(H2,27,29,30);1H. The molecule has 1 unspecified atom stereocenters. The number of halogens is 1. The Kier molecular flexibility index (Phi) is 8.94. The van der Waals surface area contributed by atoms with Gasteiger partial charge in [-0.2, -0.15) is 0 Å². The number of guanidine groups is 1. The van der Waals surface area contributed by atoms with Gasteiger partial charge in [-0.25, -0.2) is 9.98 Å². The molecule has 2 fully saturated rings. The van der Waals surface area contributed by atoms with Crippen molar-refractivity contribution in [2.45, 2.75) is 44.6 Å². The lowest BCUT2D eigenvalue weighted by molar-refractivity contribution is -0.122. The molecule has 2 heterocycles. The average molecular weight is 563 g/mol. The summed E-state index contributed by atoms with van der Waals surface area (Å²) in [7, 11) is 0. The molecule has 0 radical (unpaired) electrons. The monoisotopic (exact) mass is 562 g/mol. The van der Waals surface area contributed by atoms with E-state index in [1.807, 2.05) is 6.07 Å². The number of carbonyl (C=O) groups excluding carboxylic acids is 1. The third-order valence-corrected chi connectivity index (χ3v) is 6.58. The number of aromatic nitrogens is 1. The van der Waals surface area contributed by atoms with E-state index in [0.29, 0.717) is 13.1 Å². The van der Waals surface area contributed by atoms with E-state index in [0.717, 1.165) is 49.8 Å². The van der Waals surface area contributed by atoms with Crippen LogP contribution in [0.15, 0.2) is 53.7 Å². The second-order valence-corrected chi connectivity index (χ2v) is 8.87. The van der Waals surface area contributed by atoms with Crippen LogP contribution in [0.5, 0.6) is 0 Å². The van der Waals surface area contributed by atoms with Crippen LogP contribution in [-0.2, 0) is 16.8 Å². The SMILES string of the molecule is CCNC(=NCc1cccnc1N1CCCC(C(N)=O)C1)NCC1(c2ccccc2)CC1.I. The molecule has 1 atom stereocenters. The largest absolute Gasteiger partial charge is 0.369 e. The molecule has 33 heavy (non-hydrogen) atoms. The topological polar surface area (TPSA) is 95.6 Å². The summed E-state index contributed by atoms with van der Waals surface area (Å²) in [5, 5.41) is 6.93. The molecule has 1 amide bonds. The number of amides is 1. The van der Waals surface area contributed by atoms with Crippen molar-refractivity contribution in [3.63, 3.8) is 0 Å². The van der Waals surface area contributed by atoms with Gasteiger partial charge in [0.1, 0.15) is 5.82 Å². The van der Waals surface area contributed by atoms with E-state index >= 15 is 0 Å². The van der Waals surface area contributed by atoms with E-state index in [1.165, 1.54) is 18.4 Å². The van der Waals surface area contributed by atoms with E-state index in [9.17, 15) is 4.79 Å². The maximum atomic E-state index is 11.7. The van der Waals surface area contributed by atoms with Crippen LogP contribution in [0.4, 0.5) is 5.82 Å². The number of rotatable bonds is 8. The highest BCUT2D eigenvalue weighted by Crippen LogP contribution is 2.47. The Bertz CT molecular complexity index is 947. The first-order valence-electron chi connectivity index (χ1n) is 11.7. The molecule has 1 aromatic carbocycles. The van der Waals surface area contributed by atoms with Crippen LogP contribution < -0.4 is 21.3 Å². The average Bonchev–Trinajstić information content (AvgIpc) is 3.63. The summed E-state index contributed by atoms with van der Waals surface area (Å²) in [6.07, 6.45) is 6.00. The maximum Gasteiger partial charge on any atom is 0.222 e. The van der Waals surface area contributed by atoms with Crippen molar-refractivity contribution >= 4 is 41.7 Å². The highest BCUT2D eigenvalue weighted by molar-refractivity contribution is 14.0. The van der Waals surface area contributed by atoms with Gasteiger partial charge in [0, 0.05) is 43.4 Å². The van der Waals surface area contributed by atoms with Gasteiger partial charge < -0.3 is 21.3 Å². The smallest absolute Gasteiger partial charge is 0.222 e. The second-order valence-electron chi connectivity index (χ2n) is 8.87. The van der Waals surface area contributed by atoms with Crippen LogP contribution in [-0.4, -0.2) is 43.0 Å². The Morgan fingerprint density at radius 1 is 1.21 bits per heavy atom. The van der Waals surface area contributed by atoms with Crippen LogP contribution in [0.1, 0.15) is 43.7 Å². The highest BCUT2D eigenvalue weighted by atomic mass is 127.